The summed E-state index contributed by atoms with van der Waals surface area (Å²) in [4.78, 5) is 45.3. The number of carbonyl (C=O) groups is 3. The summed E-state index contributed by atoms with van der Waals surface area (Å²) in [5, 5.41) is 11.1. The average molecular weight is 547 g/mol. The Bertz CT molecular complexity index is 1490. The molecule has 0 saturated carbocycles. The van der Waals surface area contributed by atoms with E-state index in [2.05, 4.69) is 11.6 Å². The summed E-state index contributed by atoms with van der Waals surface area (Å²) in [6.07, 6.45) is 4.34. The molecule has 1 unspecified atom stereocenters. The number of aliphatic hydroxyl groups is 1. The van der Waals surface area contributed by atoms with Gasteiger partial charge in [-0.3, -0.25) is 14.5 Å². The highest BCUT2D eigenvalue weighted by molar-refractivity contribution is 7.17. The molecule has 3 aromatic rings. The van der Waals surface area contributed by atoms with E-state index in [9.17, 15) is 19.5 Å². The van der Waals surface area contributed by atoms with Gasteiger partial charge in [0.25, 0.3) is 5.91 Å². The van der Waals surface area contributed by atoms with Crippen molar-refractivity contribution in [3.05, 3.63) is 100 Å². The van der Waals surface area contributed by atoms with Gasteiger partial charge in [0.05, 0.1) is 31.5 Å². The Hall–Kier alpha value is -4.70. The number of aryl methyl sites for hydroxylation is 1. The molecule has 1 amide bonds. The minimum atomic E-state index is -1.06. The number of rotatable bonds is 10. The molecule has 0 fully saturated rings. The molecule has 39 heavy (non-hydrogen) atoms. The molecule has 10 heteroatoms. The van der Waals surface area contributed by atoms with Crippen LogP contribution >= 0.6 is 11.3 Å². The van der Waals surface area contributed by atoms with Gasteiger partial charge in [0.15, 0.2) is 28.2 Å². The smallest absolute Gasteiger partial charge is 0.350 e. The van der Waals surface area contributed by atoms with Crippen molar-refractivity contribution in [1.82, 2.24) is 4.98 Å². The van der Waals surface area contributed by atoms with E-state index in [1.807, 2.05) is 30.3 Å². The van der Waals surface area contributed by atoms with Crippen LogP contribution in [0, 0.1) is 6.92 Å². The third-order valence-corrected chi connectivity index (χ3v) is 7.07. The number of ketones is 1. The van der Waals surface area contributed by atoms with Crippen molar-refractivity contribution in [1.29, 1.82) is 0 Å². The van der Waals surface area contributed by atoms with Crippen molar-refractivity contribution in [3.63, 3.8) is 0 Å². The van der Waals surface area contributed by atoms with E-state index in [0.29, 0.717) is 22.8 Å². The van der Waals surface area contributed by atoms with Crippen LogP contribution < -0.4 is 14.4 Å². The van der Waals surface area contributed by atoms with Crippen LogP contribution in [-0.2, 0) is 14.3 Å². The molecule has 1 N–H and O–H groups in total. The third kappa shape index (κ3) is 5.46. The summed E-state index contributed by atoms with van der Waals surface area (Å²) >= 11 is 0.923. The SMILES string of the molecule is C=CCOC(=O)c1sc(N2C(=O)C(O)=C(C(=O)C=Cc3ccccc3)C2c2ccc(OC)c(OC)c2)nc1C. The molecule has 1 atom stereocenters. The van der Waals surface area contributed by atoms with Crippen LogP contribution in [0.15, 0.2) is 78.6 Å². The maximum atomic E-state index is 13.5. The van der Waals surface area contributed by atoms with Gasteiger partial charge in [-0.25, -0.2) is 9.78 Å². The number of allylic oxidation sites excluding steroid dienone is 1. The van der Waals surface area contributed by atoms with Crippen molar-refractivity contribution >= 4 is 40.2 Å². The predicted octanol–water partition coefficient (Wildman–Crippen LogP) is 4.99. The highest BCUT2D eigenvalue weighted by atomic mass is 32.1. The van der Waals surface area contributed by atoms with Crippen molar-refractivity contribution < 1.29 is 33.7 Å². The molecule has 2 aromatic carbocycles. The fourth-order valence-corrected chi connectivity index (χ4v) is 5.08. The highest BCUT2D eigenvalue weighted by Gasteiger charge is 2.45. The molecule has 1 aromatic heterocycles. The molecule has 0 radical (unpaired) electrons. The zero-order valence-electron chi connectivity index (χ0n) is 21.5. The summed E-state index contributed by atoms with van der Waals surface area (Å²) in [5.41, 5.74) is 1.44. The van der Waals surface area contributed by atoms with Gasteiger partial charge in [0.1, 0.15) is 11.5 Å². The number of carbonyl (C=O) groups excluding carboxylic acids is 3. The van der Waals surface area contributed by atoms with Crippen LogP contribution in [0.1, 0.15) is 32.5 Å². The van der Waals surface area contributed by atoms with Gasteiger partial charge in [-0.05, 0) is 36.3 Å². The van der Waals surface area contributed by atoms with Gasteiger partial charge in [0.2, 0.25) is 0 Å². The van der Waals surface area contributed by atoms with Crippen LogP contribution in [0.25, 0.3) is 6.08 Å². The Kier molecular flexibility index (Phi) is 8.26. The number of methoxy groups -OCH3 is 2. The molecule has 2 heterocycles. The Morgan fingerprint density at radius 3 is 2.51 bits per heavy atom. The number of aromatic nitrogens is 1. The lowest BCUT2D eigenvalue weighted by molar-refractivity contribution is -0.117. The van der Waals surface area contributed by atoms with Crippen LogP contribution in [0.3, 0.4) is 0 Å². The number of hydrogen-bond donors (Lipinski definition) is 1. The predicted molar refractivity (Wildman–Crippen MR) is 147 cm³/mol. The van der Waals surface area contributed by atoms with Gasteiger partial charge < -0.3 is 19.3 Å². The zero-order valence-corrected chi connectivity index (χ0v) is 22.4. The quantitative estimate of drug-likeness (QED) is 0.215. The summed E-state index contributed by atoms with van der Waals surface area (Å²) in [6, 6.07) is 13.0. The van der Waals surface area contributed by atoms with E-state index in [1.165, 1.54) is 31.3 Å². The summed E-state index contributed by atoms with van der Waals surface area (Å²) in [6.45, 7) is 5.15. The van der Waals surface area contributed by atoms with E-state index in [0.717, 1.165) is 16.9 Å². The minimum Gasteiger partial charge on any atom is -0.503 e. The second kappa shape index (κ2) is 11.8. The highest BCUT2D eigenvalue weighted by Crippen LogP contribution is 2.44. The number of amides is 1. The first-order valence-corrected chi connectivity index (χ1v) is 12.6. The lowest BCUT2D eigenvalue weighted by Crippen LogP contribution is -2.30. The maximum absolute atomic E-state index is 13.5. The molecular weight excluding hydrogens is 520 g/mol. The molecule has 0 aliphatic carbocycles. The zero-order chi connectivity index (χ0) is 28.1. The van der Waals surface area contributed by atoms with E-state index < -0.39 is 29.5 Å². The number of aliphatic hydroxyl groups excluding tert-OH is 1. The van der Waals surface area contributed by atoms with Crippen LogP contribution in [-0.4, -0.2) is 48.6 Å². The first kappa shape index (κ1) is 27.3. The van der Waals surface area contributed by atoms with Crippen molar-refractivity contribution in [2.45, 2.75) is 13.0 Å². The number of thiazole rings is 1. The number of ether oxygens (including phenoxy) is 3. The molecule has 9 nitrogen and oxygen atoms in total. The molecule has 0 bridgehead atoms. The number of benzene rings is 2. The topological polar surface area (TPSA) is 115 Å². The fourth-order valence-electron chi connectivity index (χ4n) is 4.09. The van der Waals surface area contributed by atoms with E-state index >= 15 is 0 Å². The lowest BCUT2D eigenvalue weighted by Gasteiger charge is -2.25. The number of nitrogens with zero attached hydrogens (tertiary/aromatic N) is 2. The molecule has 1 aliphatic rings. The van der Waals surface area contributed by atoms with Gasteiger partial charge in [-0.1, -0.05) is 66.5 Å². The van der Waals surface area contributed by atoms with Gasteiger partial charge in [-0.15, -0.1) is 0 Å². The summed E-state index contributed by atoms with van der Waals surface area (Å²) in [5.74, 6) is -1.91. The molecule has 0 saturated heterocycles. The van der Waals surface area contributed by atoms with Crippen molar-refractivity contribution in [2.75, 3.05) is 25.7 Å². The first-order chi connectivity index (χ1) is 18.8. The van der Waals surface area contributed by atoms with E-state index in [1.54, 1.807) is 31.2 Å². The maximum Gasteiger partial charge on any atom is 0.350 e. The fraction of sp³-hybridized carbons (Fsp3) is 0.172. The molecule has 200 valence electrons. The monoisotopic (exact) mass is 546 g/mol. The standard InChI is InChI=1S/C29H26N2O7S/c1-5-15-38-28(35)26-17(2)30-29(39-26)31-24(19-12-14-21(36-3)22(16-19)37-4)23(25(33)27(31)34)20(32)13-11-18-9-7-6-8-10-18/h5-14,16,24,33H,1,15H2,2-4H3. The third-order valence-electron chi connectivity index (χ3n) is 5.93. The molecule has 4 rings (SSSR count). The summed E-state index contributed by atoms with van der Waals surface area (Å²) in [7, 11) is 2.95. The summed E-state index contributed by atoms with van der Waals surface area (Å²) < 4.78 is 15.9. The second-order valence-corrected chi connectivity index (χ2v) is 9.34. The number of hydrogen-bond acceptors (Lipinski definition) is 9. The van der Waals surface area contributed by atoms with Crippen LogP contribution in [0.4, 0.5) is 5.13 Å². The largest absolute Gasteiger partial charge is 0.503 e. The second-order valence-electron chi connectivity index (χ2n) is 8.36. The molecular formula is C29H26N2O7S. The van der Waals surface area contributed by atoms with E-state index in [-0.39, 0.29) is 22.2 Å². The Labute approximate surface area is 229 Å². The number of esters is 1. The number of anilines is 1. The van der Waals surface area contributed by atoms with Gasteiger partial charge in [0, 0.05) is 0 Å². The Balaban J connectivity index is 1.82. The van der Waals surface area contributed by atoms with Crippen LogP contribution in [0.5, 0.6) is 11.5 Å². The van der Waals surface area contributed by atoms with Gasteiger partial charge in [-0.2, -0.15) is 0 Å². The molecule has 1 aliphatic heterocycles. The minimum absolute atomic E-state index is 0.0111. The van der Waals surface area contributed by atoms with E-state index in [4.69, 9.17) is 14.2 Å². The first-order valence-electron chi connectivity index (χ1n) is 11.8. The van der Waals surface area contributed by atoms with Crippen molar-refractivity contribution in [3.8, 4) is 11.5 Å². The van der Waals surface area contributed by atoms with Crippen LogP contribution in [0.2, 0.25) is 0 Å². The molecule has 0 spiro atoms. The normalized spacial score (nSPS) is 15.1. The van der Waals surface area contributed by atoms with Crippen molar-refractivity contribution in [2.24, 2.45) is 0 Å². The lowest BCUT2D eigenvalue weighted by atomic mass is 9.95. The average Bonchev–Trinajstić information content (AvgIpc) is 3.46. The Morgan fingerprint density at radius 1 is 1.13 bits per heavy atom. The van der Waals surface area contributed by atoms with Gasteiger partial charge >= 0.3 is 5.97 Å². The Morgan fingerprint density at radius 2 is 1.85 bits per heavy atom.